The van der Waals surface area contributed by atoms with Gasteiger partial charge in [0.25, 0.3) is 0 Å². The van der Waals surface area contributed by atoms with Gasteiger partial charge in [-0.3, -0.25) is 9.59 Å². The lowest BCUT2D eigenvalue weighted by molar-refractivity contribution is -0.317. The van der Waals surface area contributed by atoms with Gasteiger partial charge in [-0.05, 0) is 0 Å². The van der Waals surface area contributed by atoms with Crippen LogP contribution in [0.4, 0.5) is 0 Å². The van der Waals surface area contributed by atoms with Crippen LogP contribution < -0.4 is 0 Å². The molecule has 1 heterocycles. The second kappa shape index (κ2) is 9.90. The predicted octanol–water partition coefficient (Wildman–Crippen LogP) is -0.102. The molecule has 1 saturated heterocycles. The van der Waals surface area contributed by atoms with Gasteiger partial charge in [-0.15, -0.1) is 0 Å². The topological polar surface area (TPSA) is 98.8 Å². The number of hydrogen-bond donors (Lipinski definition) is 0. The largest absolute Gasteiger partial charge is 0.462 e. The molecular weight excluding hydrogens is 324 g/mol. The molecule has 0 aromatic carbocycles. The van der Waals surface area contributed by atoms with Crippen molar-refractivity contribution in [1.29, 1.82) is 0 Å². The fourth-order valence-corrected chi connectivity index (χ4v) is 2.72. The summed E-state index contributed by atoms with van der Waals surface area (Å²) in [5.41, 5.74) is 0. The summed E-state index contributed by atoms with van der Waals surface area (Å²) in [4.78, 5) is 22.5. The Labute approximate surface area is 141 Å². The molecule has 140 valence electrons. The molecule has 1 unspecified atom stereocenters. The molecule has 0 saturated carbocycles. The van der Waals surface area contributed by atoms with Gasteiger partial charge < -0.3 is 33.2 Å². The Morgan fingerprint density at radius 3 is 1.88 bits per heavy atom. The van der Waals surface area contributed by atoms with Crippen molar-refractivity contribution in [3.63, 3.8) is 0 Å². The van der Waals surface area contributed by atoms with Crippen LogP contribution in [0.2, 0.25) is 0 Å². The zero-order valence-corrected chi connectivity index (χ0v) is 14.8. The van der Waals surface area contributed by atoms with Crippen LogP contribution in [-0.2, 0) is 42.7 Å². The molecule has 0 N–H and O–H groups in total. The molecule has 9 heteroatoms. The first-order chi connectivity index (χ1) is 11.4. The summed E-state index contributed by atoms with van der Waals surface area (Å²) >= 11 is 0. The standard InChI is InChI=1S/C15H26O9/c1-8(16)22-7-10(23-9(2)17)11-12(18-3)13(19-4)14(20-5)15(21-6)24-11/h10-15H,7H2,1-6H3/t10-,11-,12-,13+,14-,15?/m1/s1. The van der Waals surface area contributed by atoms with Crippen LogP contribution in [0, 0.1) is 0 Å². The van der Waals surface area contributed by atoms with Gasteiger partial charge in [0.05, 0.1) is 0 Å². The molecule has 1 fully saturated rings. The summed E-state index contributed by atoms with van der Waals surface area (Å²) in [7, 11) is 5.94. The van der Waals surface area contributed by atoms with Gasteiger partial charge in [-0.1, -0.05) is 0 Å². The van der Waals surface area contributed by atoms with E-state index < -0.39 is 48.7 Å². The third-order valence-corrected chi connectivity index (χ3v) is 3.71. The Morgan fingerprint density at radius 2 is 1.46 bits per heavy atom. The molecule has 6 atom stereocenters. The highest BCUT2D eigenvalue weighted by molar-refractivity contribution is 5.67. The van der Waals surface area contributed by atoms with E-state index in [9.17, 15) is 9.59 Å². The molecule has 0 aromatic heterocycles. The summed E-state index contributed by atoms with van der Waals surface area (Å²) < 4.78 is 37.7. The molecule has 0 aliphatic carbocycles. The van der Waals surface area contributed by atoms with Gasteiger partial charge in [0, 0.05) is 42.3 Å². The summed E-state index contributed by atoms with van der Waals surface area (Å²) in [5.74, 6) is -1.04. The third kappa shape index (κ3) is 5.12. The van der Waals surface area contributed by atoms with E-state index in [1.807, 2.05) is 0 Å². The molecule has 1 aliphatic rings. The summed E-state index contributed by atoms with van der Waals surface area (Å²) in [5, 5.41) is 0. The van der Waals surface area contributed by atoms with Crippen molar-refractivity contribution in [2.45, 2.75) is 50.7 Å². The van der Waals surface area contributed by atoms with Crippen molar-refractivity contribution < 1.29 is 42.7 Å². The van der Waals surface area contributed by atoms with E-state index in [1.165, 1.54) is 42.3 Å². The van der Waals surface area contributed by atoms with Gasteiger partial charge in [-0.2, -0.15) is 0 Å². The Balaban J connectivity index is 3.07. The normalized spacial score (nSPS) is 31.3. The zero-order chi connectivity index (χ0) is 18.3. The van der Waals surface area contributed by atoms with E-state index >= 15 is 0 Å². The van der Waals surface area contributed by atoms with Crippen LogP contribution >= 0.6 is 0 Å². The number of rotatable bonds is 8. The lowest BCUT2D eigenvalue weighted by Crippen LogP contribution is -2.63. The maximum atomic E-state index is 11.4. The minimum atomic E-state index is -0.885. The number of ether oxygens (including phenoxy) is 7. The van der Waals surface area contributed by atoms with Crippen molar-refractivity contribution in [2.75, 3.05) is 35.0 Å². The SMILES string of the molecule is COC1O[C@H]([C@@H](COC(C)=O)OC(C)=O)[C@@H](OC)[C@H](OC)[C@H]1OC. The maximum absolute atomic E-state index is 11.4. The fourth-order valence-electron chi connectivity index (χ4n) is 2.72. The summed E-state index contributed by atoms with van der Waals surface area (Å²) in [6.07, 6.45) is -4.16. The van der Waals surface area contributed by atoms with E-state index in [0.717, 1.165) is 0 Å². The first kappa shape index (κ1) is 20.8. The zero-order valence-electron chi connectivity index (χ0n) is 14.8. The van der Waals surface area contributed by atoms with Gasteiger partial charge in [-0.25, -0.2) is 0 Å². The summed E-state index contributed by atoms with van der Waals surface area (Å²) in [6, 6.07) is 0. The van der Waals surface area contributed by atoms with Crippen molar-refractivity contribution in [2.24, 2.45) is 0 Å². The summed E-state index contributed by atoms with van der Waals surface area (Å²) in [6.45, 7) is 2.34. The highest BCUT2D eigenvalue weighted by atomic mass is 16.7. The van der Waals surface area contributed by atoms with Crippen LogP contribution in [0.5, 0.6) is 0 Å². The van der Waals surface area contributed by atoms with Gasteiger partial charge in [0.15, 0.2) is 12.4 Å². The third-order valence-electron chi connectivity index (χ3n) is 3.71. The minimum Gasteiger partial charge on any atom is -0.462 e. The van der Waals surface area contributed by atoms with E-state index in [1.54, 1.807) is 0 Å². The Morgan fingerprint density at radius 1 is 0.875 bits per heavy atom. The van der Waals surface area contributed by atoms with Crippen LogP contribution in [0.3, 0.4) is 0 Å². The number of methoxy groups -OCH3 is 4. The lowest BCUT2D eigenvalue weighted by Gasteiger charge is -2.45. The molecule has 0 radical (unpaired) electrons. The Kier molecular flexibility index (Phi) is 8.57. The maximum Gasteiger partial charge on any atom is 0.303 e. The molecule has 24 heavy (non-hydrogen) atoms. The first-order valence-corrected chi connectivity index (χ1v) is 7.46. The monoisotopic (exact) mass is 350 g/mol. The second-order valence-corrected chi connectivity index (χ2v) is 5.26. The Bertz CT molecular complexity index is 414. The number of carbonyl (C=O) groups is 2. The fraction of sp³-hybridized carbons (Fsp3) is 0.867. The van der Waals surface area contributed by atoms with E-state index in [2.05, 4.69) is 0 Å². The number of hydrogen-bond acceptors (Lipinski definition) is 9. The molecular formula is C15H26O9. The number of esters is 2. The lowest BCUT2D eigenvalue weighted by atomic mass is 9.94. The average molecular weight is 350 g/mol. The number of carbonyl (C=O) groups excluding carboxylic acids is 2. The van der Waals surface area contributed by atoms with Crippen molar-refractivity contribution in [1.82, 2.24) is 0 Å². The molecule has 1 aliphatic heterocycles. The quantitative estimate of drug-likeness (QED) is 0.556. The molecule has 0 amide bonds. The van der Waals surface area contributed by atoms with Gasteiger partial charge in [0.1, 0.15) is 31.0 Å². The highest BCUT2D eigenvalue weighted by Crippen LogP contribution is 2.30. The minimum absolute atomic E-state index is 0.177. The molecule has 0 aromatic rings. The predicted molar refractivity (Wildman–Crippen MR) is 80.2 cm³/mol. The first-order valence-electron chi connectivity index (χ1n) is 7.46. The van der Waals surface area contributed by atoms with Crippen LogP contribution in [0.15, 0.2) is 0 Å². The Hall–Kier alpha value is -1.26. The second-order valence-electron chi connectivity index (χ2n) is 5.26. The van der Waals surface area contributed by atoms with E-state index in [0.29, 0.717) is 0 Å². The van der Waals surface area contributed by atoms with Crippen molar-refractivity contribution in [3.05, 3.63) is 0 Å². The molecule has 1 rings (SSSR count). The molecule has 9 nitrogen and oxygen atoms in total. The van der Waals surface area contributed by atoms with Crippen molar-refractivity contribution in [3.8, 4) is 0 Å². The molecule has 0 bridgehead atoms. The van der Waals surface area contributed by atoms with E-state index in [-0.39, 0.29) is 6.61 Å². The smallest absolute Gasteiger partial charge is 0.303 e. The van der Waals surface area contributed by atoms with Crippen LogP contribution in [-0.4, -0.2) is 83.8 Å². The highest BCUT2D eigenvalue weighted by Gasteiger charge is 2.51. The van der Waals surface area contributed by atoms with Crippen molar-refractivity contribution >= 4 is 11.9 Å². The van der Waals surface area contributed by atoms with Crippen LogP contribution in [0.25, 0.3) is 0 Å². The van der Waals surface area contributed by atoms with Gasteiger partial charge >= 0.3 is 11.9 Å². The average Bonchev–Trinajstić information content (AvgIpc) is 2.55. The van der Waals surface area contributed by atoms with Crippen LogP contribution in [0.1, 0.15) is 13.8 Å². The van der Waals surface area contributed by atoms with E-state index in [4.69, 9.17) is 33.2 Å². The molecule has 0 spiro atoms. The van der Waals surface area contributed by atoms with Gasteiger partial charge in [0.2, 0.25) is 0 Å².